The highest BCUT2D eigenvalue weighted by Gasteiger charge is 2.22. The van der Waals surface area contributed by atoms with Crippen LogP contribution < -0.4 is 4.90 Å². The summed E-state index contributed by atoms with van der Waals surface area (Å²) >= 11 is 0. The van der Waals surface area contributed by atoms with Gasteiger partial charge in [-0.25, -0.2) is 18.1 Å². The molecule has 1 atom stereocenters. The van der Waals surface area contributed by atoms with Crippen molar-refractivity contribution >= 4 is 21.1 Å². The molecule has 1 aliphatic heterocycles. The lowest BCUT2D eigenvalue weighted by molar-refractivity contribution is 0.502. The topological polar surface area (TPSA) is 104 Å². The number of rotatable bonds is 5. The maximum Gasteiger partial charge on any atom is 0.128 e. The zero-order valence-corrected chi connectivity index (χ0v) is 22.6. The Morgan fingerprint density at radius 1 is 0.974 bits per heavy atom. The van der Waals surface area contributed by atoms with Crippen LogP contribution in [0.1, 0.15) is 18.4 Å². The average Bonchev–Trinajstić information content (AvgIpc) is 3.59. The first-order valence-electron chi connectivity index (χ1n) is 12.8. The van der Waals surface area contributed by atoms with Crippen LogP contribution in [0.15, 0.2) is 88.8 Å². The number of nitriles is 1. The van der Waals surface area contributed by atoms with Gasteiger partial charge in [-0.05, 0) is 43.2 Å². The monoisotopic (exact) mass is 536 g/mol. The second-order valence-electron chi connectivity index (χ2n) is 9.85. The first kappa shape index (κ1) is 24.8. The van der Waals surface area contributed by atoms with Crippen LogP contribution in [0.5, 0.6) is 0 Å². The van der Waals surface area contributed by atoms with Crippen LogP contribution in [-0.2, 0) is 16.8 Å². The van der Waals surface area contributed by atoms with Crippen molar-refractivity contribution in [1.29, 1.82) is 5.26 Å². The van der Waals surface area contributed by atoms with Gasteiger partial charge >= 0.3 is 0 Å². The lowest BCUT2D eigenvalue weighted by Gasteiger charge is -2.31. The van der Waals surface area contributed by atoms with E-state index < -0.39 is 9.73 Å². The number of hydrogen-bond acceptors (Lipinski definition) is 7. The molecule has 0 aliphatic carbocycles. The second-order valence-corrected chi connectivity index (χ2v) is 12.1. The Hall–Kier alpha value is -4.49. The van der Waals surface area contributed by atoms with Gasteiger partial charge < -0.3 is 4.90 Å². The molecule has 10 heteroatoms. The summed E-state index contributed by atoms with van der Waals surface area (Å²) in [5.41, 5.74) is 4.99. The summed E-state index contributed by atoms with van der Waals surface area (Å²) in [4.78, 5) is 7.82. The molecule has 1 aromatic carbocycles. The van der Waals surface area contributed by atoms with Crippen LogP contribution in [-0.4, -0.2) is 54.0 Å². The SMILES string of the molecule is Cn1cc(-c2cc(-c3ccc(N4CCC(N=S(C)(=O)c5ccccc5)CC4)nc3)c3c(C#N)cnn3c2)cn1. The fourth-order valence-corrected chi connectivity index (χ4v) is 6.67. The normalized spacial score (nSPS) is 15.7. The molecule has 1 saturated heterocycles. The quantitative estimate of drug-likeness (QED) is 0.320. The Morgan fingerprint density at radius 2 is 1.77 bits per heavy atom. The number of anilines is 1. The lowest BCUT2D eigenvalue weighted by atomic mass is 10.0. The number of aryl methyl sites for hydroxylation is 1. The molecular weight excluding hydrogens is 508 g/mol. The summed E-state index contributed by atoms with van der Waals surface area (Å²) in [6, 6.07) is 18.0. The number of nitrogens with zero attached hydrogens (tertiary/aromatic N) is 8. The molecular formula is C29H28N8OS. The first-order valence-corrected chi connectivity index (χ1v) is 14.7. The zero-order valence-electron chi connectivity index (χ0n) is 21.8. The molecule has 0 radical (unpaired) electrons. The minimum atomic E-state index is -2.41. The standard InChI is InChI=1S/C29H28N8OS/c1-35-19-24(18-32-35)22-14-27(29-23(15-30)17-33-37(29)20-22)21-8-9-28(31-16-21)36-12-10-25(11-13-36)34-39(2,38)26-6-4-3-5-7-26/h3-9,14,16-20,25H,10-13H2,1-2H3. The van der Waals surface area contributed by atoms with E-state index in [0.717, 1.165) is 64.4 Å². The van der Waals surface area contributed by atoms with Gasteiger partial charge in [0.15, 0.2) is 0 Å². The predicted octanol–water partition coefficient (Wildman–Crippen LogP) is 4.79. The molecule has 4 aromatic heterocycles. The van der Waals surface area contributed by atoms with Crippen molar-refractivity contribution in [3.63, 3.8) is 0 Å². The van der Waals surface area contributed by atoms with Gasteiger partial charge in [-0.2, -0.15) is 15.5 Å². The van der Waals surface area contributed by atoms with Gasteiger partial charge in [0.25, 0.3) is 0 Å². The van der Waals surface area contributed by atoms with E-state index >= 15 is 0 Å². The highest BCUT2D eigenvalue weighted by atomic mass is 32.2. The van der Waals surface area contributed by atoms with Gasteiger partial charge in [-0.3, -0.25) is 4.68 Å². The largest absolute Gasteiger partial charge is 0.356 e. The molecule has 0 saturated carbocycles. The van der Waals surface area contributed by atoms with Crippen molar-refractivity contribution < 1.29 is 4.21 Å². The van der Waals surface area contributed by atoms with Crippen molar-refractivity contribution in [1.82, 2.24) is 24.4 Å². The van der Waals surface area contributed by atoms with Crippen molar-refractivity contribution in [3.8, 4) is 28.3 Å². The first-order chi connectivity index (χ1) is 18.9. The summed E-state index contributed by atoms with van der Waals surface area (Å²) in [7, 11) is -0.531. The number of benzene rings is 1. The highest BCUT2D eigenvalue weighted by molar-refractivity contribution is 7.93. The Bertz CT molecular complexity index is 1800. The molecule has 9 nitrogen and oxygen atoms in total. The molecule has 0 amide bonds. The van der Waals surface area contributed by atoms with Gasteiger partial charge in [0.05, 0.1) is 39.2 Å². The molecule has 1 unspecified atom stereocenters. The molecule has 6 rings (SSSR count). The van der Waals surface area contributed by atoms with Crippen LogP contribution in [0, 0.1) is 11.3 Å². The number of pyridine rings is 2. The smallest absolute Gasteiger partial charge is 0.128 e. The Balaban J connectivity index is 1.24. The van der Waals surface area contributed by atoms with Crippen LogP contribution in [0.2, 0.25) is 0 Å². The number of aromatic nitrogens is 5. The van der Waals surface area contributed by atoms with Crippen molar-refractivity contribution in [3.05, 3.63) is 85.1 Å². The van der Waals surface area contributed by atoms with Crippen molar-refractivity contribution in [2.75, 3.05) is 24.2 Å². The van der Waals surface area contributed by atoms with E-state index in [0.29, 0.717) is 5.56 Å². The van der Waals surface area contributed by atoms with E-state index in [1.165, 1.54) is 0 Å². The fraction of sp³-hybridized carbons (Fsp3) is 0.241. The van der Waals surface area contributed by atoms with E-state index in [1.54, 1.807) is 21.6 Å². The van der Waals surface area contributed by atoms with Crippen molar-refractivity contribution in [2.24, 2.45) is 11.4 Å². The summed E-state index contributed by atoms with van der Waals surface area (Å²) in [6.45, 7) is 1.60. The molecule has 0 N–H and O–H groups in total. The number of hydrogen-bond donors (Lipinski definition) is 0. The van der Waals surface area contributed by atoms with Crippen LogP contribution in [0.25, 0.3) is 27.8 Å². The number of piperidine rings is 1. The third-order valence-electron chi connectivity index (χ3n) is 7.15. The minimum Gasteiger partial charge on any atom is -0.356 e. The van der Waals surface area contributed by atoms with Crippen LogP contribution in [0.3, 0.4) is 0 Å². The Morgan fingerprint density at radius 3 is 2.44 bits per heavy atom. The van der Waals surface area contributed by atoms with Crippen LogP contribution >= 0.6 is 0 Å². The van der Waals surface area contributed by atoms with Gasteiger partial charge in [-0.15, -0.1) is 0 Å². The third-order valence-corrected chi connectivity index (χ3v) is 9.00. The summed E-state index contributed by atoms with van der Waals surface area (Å²) in [6.07, 6.45) is 12.5. The average molecular weight is 537 g/mol. The predicted molar refractivity (Wildman–Crippen MR) is 152 cm³/mol. The molecule has 5 heterocycles. The van der Waals surface area contributed by atoms with Gasteiger partial charge in [-0.1, -0.05) is 18.2 Å². The molecule has 196 valence electrons. The maximum absolute atomic E-state index is 13.2. The van der Waals surface area contributed by atoms with Crippen molar-refractivity contribution in [2.45, 2.75) is 23.8 Å². The number of fused-ring (bicyclic) bond motifs is 1. The van der Waals surface area contributed by atoms with E-state index in [1.807, 2.05) is 74.3 Å². The molecule has 1 aliphatic rings. The molecule has 1 fully saturated rings. The summed E-state index contributed by atoms with van der Waals surface area (Å²) < 4.78 is 21.4. The summed E-state index contributed by atoms with van der Waals surface area (Å²) in [5, 5.41) is 18.4. The Labute approximate surface area is 227 Å². The highest BCUT2D eigenvalue weighted by Crippen LogP contribution is 2.32. The second kappa shape index (κ2) is 10.0. The minimum absolute atomic E-state index is 0.0630. The van der Waals surface area contributed by atoms with E-state index in [9.17, 15) is 9.47 Å². The fourth-order valence-electron chi connectivity index (χ4n) is 5.10. The maximum atomic E-state index is 13.2. The van der Waals surface area contributed by atoms with Gasteiger partial charge in [0.1, 0.15) is 11.9 Å². The lowest BCUT2D eigenvalue weighted by Crippen LogP contribution is -2.36. The van der Waals surface area contributed by atoms with E-state index in [-0.39, 0.29) is 6.04 Å². The third kappa shape index (κ3) is 4.89. The molecule has 0 spiro atoms. The van der Waals surface area contributed by atoms with E-state index in [2.05, 4.69) is 27.2 Å². The molecule has 39 heavy (non-hydrogen) atoms. The van der Waals surface area contributed by atoms with Gasteiger partial charge in [0, 0.05) is 72.1 Å². The van der Waals surface area contributed by atoms with Crippen LogP contribution in [0.4, 0.5) is 5.82 Å². The zero-order chi connectivity index (χ0) is 27.0. The molecule has 5 aromatic rings. The van der Waals surface area contributed by atoms with Gasteiger partial charge in [0.2, 0.25) is 0 Å². The molecule has 0 bridgehead atoms. The Kier molecular flexibility index (Phi) is 6.37. The summed E-state index contributed by atoms with van der Waals surface area (Å²) in [5.74, 6) is 0.894. The van der Waals surface area contributed by atoms with E-state index in [4.69, 9.17) is 9.35 Å².